The van der Waals surface area contributed by atoms with Crippen LogP contribution >= 0.6 is 15.9 Å². The molecule has 2 aromatic rings. The van der Waals surface area contributed by atoms with Crippen molar-refractivity contribution >= 4 is 21.7 Å². The fourth-order valence-electron chi connectivity index (χ4n) is 1.91. The first kappa shape index (κ1) is 15.8. The Hall–Kier alpha value is -1.62. The monoisotopic (exact) mass is 356 g/mol. The van der Waals surface area contributed by atoms with Crippen molar-refractivity contribution in [3.63, 3.8) is 0 Å². The summed E-state index contributed by atoms with van der Waals surface area (Å²) >= 11 is 3.43. The Morgan fingerprint density at radius 2 is 1.57 bits per heavy atom. The third kappa shape index (κ3) is 4.17. The zero-order valence-electron chi connectivity index (χ0n) is 10.9. The van der Waals surface area contributed by atoms with E-state index in [9.17, 15) is 18.0 Å². The lowest BCUT2D eigenvalue weighted by molar-refractivity contribution is -0.137. The number of carbonyl (C=O) groups excluding carboxylic acids is 1. The van der Waals surface area contributed by atoms with Gasteiger partial charge < -0.3 is 0 Å². The molecule has 110 valence electrons. The highest BCUT2D eigenvalue weighted by Crippen LogP contribution is 2.30. The first-order valence-corrected chi connectivity index (χ1v) is 7.19. The summed E-state index contributed by atoms with van der Waals surface area (Å²) in [5.74, 6) is -0.200. The molecule has 21 heavy (non-hydrogen) atoms. The Morgan fingerprint density at radius 1 is 1.00 bits per heavy atom. The van der Waals surface area contributed by atoms with Crippen LogP contribution in [0.1, 0.15) is 32.7 Å². The quantitative estimate of drug-likeness (QED) is 0.528. The van der Waals surface area contributed by atoms with Crippen molar-refractivity contribution in [1.29, 1.82) is 0 Å². The molecule has 0 N–H and O–H groups in total. The van der Waals surface area contributed by atoms with Crippen LogP contribution in [-0.4, -0.2) is 5.78 Å². The molecule has 0 radical (unpaired) electrons. The Kier molecular flexibility index (Phi) is 4.83. The molecular weight excluding hydrogens is 345 g/mol. The summed E-state index contributed by atoms with van der Waals surface area (Å²) in [6.45, 7) is 0. The van der Waals surface area contributed by atoms with E-state index in [1.54, 1.807) is 0 Å². The van der Waals surface area contributed by atoms with Crippen LogP contribution in [0, 0.1) is 0 Å². The van der Waals surface area contributed by atoms with Crippen molar-refractivity contribution in [1.82, 2.24) is 0 Å². The highest BCUT2D eigenvalue weighted by molar-refractivity contribution is 9.09. The average Bonchev–Trinajstić information content (AvgIpc) is 2.47. The summed E-state index contributed by atoms with van der Waals surface area (Å²) < 4.78 is 37.4. The molecule has 0 spiro atoms. The molecule has 2 aromatic carbocycles. The van der Waals surface area contributed by atoms with Crippen LogP contribution in [0.25, 0.3) is 0 Å². The molecular formula is C16H12BrF3O. The van der Waals surface area contributed by atoms with E-state index >= 15 is 0 Å². The number of halogens is 4. The standard InChI is InChI=1S/C16H12BrF3O/c17-14(11-4-2-1-3-5-11)10-15(21)12-6-8-13(9-7-12)16(18,19)20/h1-9,14H,10H2. The molecule has 0 bridgehead atoms. The predicted molar refractivity (Wildman–Crippen MR) is 78.5 cm³/mol. The molecule has 1 unspecified atom stereocenters. The first-order valence-electron chi connectivity index (χ1n) is 6.27. The van der Waals surface area contributed by atoms with Gasteiger partial charge in [-0.25, -0.2) is 0 Å². The van der Waals surface area contributed by atoms with Crippen LogP contribution in [-0.2, 0) is 6.18 Å². The Bertz CT molecular complexity index is 606. The molecule has 1 atom stereocenters. The van der Waals surface area contributed by atoms with Crippen LogP contribution in [0.3, 0.4) is 0 Å². The predicted octanol–water partition coefficient (Wildman–Crippen LogP) is 5.41. The molecule has 5 heteroatoms. The molecule has 0 amide bonds. The minimum absolute atomic E-state index is 0.159. The van der Waals surface area contributed by atoms with Gasteiger partial charge >= 0.3 is 6.18 Å². The lowest BCUT2D eigenvalue weighted by atomic mass is 10.0. The Balaban J connectivity index is 2.07. The summed E-state index contributed by atoms with van der Waals surface area (Å²) in [4.78, 5) is 11.9. The van der Waals surface area contributed by atoms with E-state index in [0.717, 1.165) is 17.7 Å². The Morgan fingerprint density at radius 3 is 2.10 bits per heavy atom. The number of hydrogen-bond acceptors (Lipinski definition) is 1. The summed E-state index contributed by atoms with van der Waals surface area (Å²) in [7, 11) is 0. The molecule has 0 aliphatic heterocycles. The van der Waals surface area contributed by atoms with Crippen molar-refractivity contribution in [2.24, 2.45) is 0 Å². The summed E-state index contributed by atoms with van der Waals surface area (Å²) in [5.41, 5.74) is 0.485. The third-order valence-electron chi connectivity index (χ3n) is 3.06. The van der Waals surface area contributed by atoms with Gasteiger partial charge in [0.05, 0.1) is 5.56 Å². The van der Waals surface area contributed by atoms with E-state index in [4.69, 9.17) is 0 Å². The smallest absolute Gasteiger partial charge is 0.294 e. The van der Waals surface area contributed by atoms with Gasteiger partial charge in [0.25, 0.3) is 0 Å². The highest BCUT2D eigenvalue weighted by Gasteiger charge is 2.30. The van der Waals surface area contributed by atoms with Gasteiger partial charge in [-0.15, -0.1) is 0 Å². The SMILES string of the molecule is O=C(CC(Br)c1ccccc1)c1ccc(C(F)(F)F)cc1. The van der Waals surface area contributed by atoms with E-state index in [-0.39, 0.29) is 22.6 Å². The average molecular weight is 357 g/mol. The van der Waals surface area contributed by atoms with Crippen LogP contribution in [0.2, 0.25) is 0 Å². The van der Waals surface area contributed by atoms with Gasteiger partial charge in [-0.2, -0.15) is 13.2 Å². The van der Waals surface area contributed by atoms with Crippen LogP contribution in [0.4, 0.5) is 13.2 Å². The molecule has 0 aromatic heterocycles. The van der Waals surface area contributed by atoms with E-state index < -0.39 is 11.7 Å². The molecule has 0 fully saturated rings. The zero-order chi connectivity index (χ0) is 15.5. The molecule has 0 heterocycles. The van der Waals surface area contributed by atoms with Crippen molar-refractivity contribution in [2.75, 3.05) is 0 Å². The van der Waals surface area contributed by atoms with Crippen molar-refractivity contribution in [3.8, 4) is 0 Å². The van der Waals surface area contributed by atoms with E-state index in [1.807, 2.05) is 30.3 Å². The number of benzene rings is 2. The van der Waals surface area contributed by atoms with Gasteiger partial charge in [0.2, 0.25) is 0 Å². The molecule has 0 saturated heterocycles. The molecule has 0 aliphatic rings. The largest absolute Gasteiger partial charge is 0.416 e. The topological polar surface area (TPSA) is 17.1 Å². The number of hydrogen-bond donors (Lipinski definition) is 0. The first-order chi connectivity index (χ1) is 9.88. The van der Waals surface area contributed by atoms with Crippen molar-refractivity contribution in [3.05, 3.63) is 71.3 Å². The van der Waals surface area contributed by atoms with Crippen LogP contribution < -0.4 is 0 Å². The maximum atomic E-state index is 12.5. The Labute approximate surface area is 128 Å². The fourth-order valence-corrected chi connectivity index (χ4v) is 2.50. The van der Waals surface area contributed by atoms with Gasteiger partial charge in [-0.05, 0) is 17.7 Å². The summed E-state index contributed by atoms with van der Waals surface area (Å²) in [6.07, 6.45) is -4.20. The maximum absolute atomic E-state index is 12.5. The van der Waals surface area contributed by atoms with Crippen molar-refractivity contribution < 1.29 is 18.0 Å². The second-order valence-electron chi connectivity index (χ2n) is 4.58. The van der Waals surface area contributed by atoms with E-state index in [0.29, 0.717) is 0 Å². The normalized spacial score (nSPS) is 13.0. The number of rotatable bonds is 4. The third-order valence-corrected chi connectivity index (χ3v) is 3.91. The molecule has 1 nitrogen and oxygen atoms in total. The van der Waals surface area contributed by atoms with Gasteiger partial charge in [-0.3, -0.25) is 4.79 Å². The lowest BCUT2D eigenvalue weighted by Gasteiger charge is -2.10. The summed E-state index contributed by atoms with van der Waals surface area (Å²) in [5, 5.41) is 0. The van der Waals surface area contributed by atoms with Gasteiger partial charge in [0.15, 0.2) is 5.78 Å². The second-order valence-corrected chi connectivity index (χ2v) is 5.69. The van der Waals surface area contributed by atoms with Gasteiger partial charge in [-0.1, -0.05) is 58.4 Å². The van der Waals surface area contributed by atoms with Crippen molar-refractivity contribution in [2.45, 2.75) is 17.4 Å². The van der Waals surface area contributed by atoms with Crippen LogP contribution in [0.15, 0.2) is 54.6 Å². The lowest BCUT2D eigenvalue weighted by Crippen LogP contribution is -2.07. The van der Waals surface area contributed by atoms with Gasteiger partial charge in [0, 0.05) is 16.8 Å². The van der Waals surface area contributed by atoms with Crippen LogP contribution in [0.5, 0.6) is 0 Å². The van der Waals surface area contributed by atoms with E-state index in [1.165, 1.54) is 12.1 Å². The van der Waals surface area contributed by atoms with Gasteiger partial charge in [0.1, 0.15) is 0 Å². The molecule has 0 saturated carbocycles. The fraction of sp³-hybridized carbons (Fsp3) is 0.188. The summed E-state index contributed by atoms with van der Waals surface area (Å²) in [6, 6.07) is 13.7. The van der Waals surface area contributed by atoms with E-state index in [2.05, 4.69) is 15.9 Å². The number of alkyl halides is 4. The molecule has 0 aliphatic carbocycles. The molecule has 2 rings (SSSR count). The second kappa shape index (κ2) is 6.43. The number of Topliss-reactive ketones (excluding diaryl/α,β-unsaturated/α-hetero) is 1. The zero-order valence-corrected chi connectivity index (χ0v) is 12.5. The minimum atomic E-state index is -4.39. The maximum Gasteiger partial charge on any atom is 0.416 e. The minimum Gasteiger partial charge on any atom is -0.294 e. The number of carbonyl (C=O) groups is 1. The highest BCUT2D eigenvalue weighted by atomic mass is 79.9. The number of ketones is 1.